The van der Waals surface area contributed by atoms with Crippen LogP contribution in [0.3, 0.4) is 0 Å². The van der Waals surface area contributed by atoms with Gasteiger partial charge in [0.1, 0.15) is 19.6 Å². The van der Waals surface area contributed by atoms with Crippen molar-refractivity contribution in [2.24, 2.45) is 0 Å². The zero-order valence-electron chi connectivity index (χ0n) is 18.3. The van der Waals surface area contributed by atoms with E-state index in [9.17, 15) is 10.2 Å². The number of ether oxygens (including phenoxy) is 1. The van der Waals surface area contributed by atoms with Gasteiger partial charge in [0.05, 0.1) is 19.3 Å². The van der Waals surface area contributed by atoms with Crippen molar-refractivity contribution in [3.05, 3.63) is 0 Å². The number of aliphatic hydroxyl groups excluding tert-OH is 2. The molecule has 0 unspecified atom stereocenters. The molecule has 1 heterocycles. The second-order valence-corrected chi connectivity index (χ2v) is 20.1. The van der Waals surface area contributed by atoms with E-state index < -0.39 is 40.4 Å². The molecule has 5 nitrogen and oxygen atoms in total. The lowest BCUT2D eigenvalue weighted by molar-refractivity contribution is -0.121. The lowest BCUT2D eigenvalue weighted by Crippen LogP contribution is -2.59. The fourth-order valence-corrected chi connectivity index (χ4v) is 5.12. The molecule has 0 amide bonds. The highest BCUT2D eigenvalue weighted by Gasteiger charge is 2.58. The van der Waals surface area contributed by atoms with Gasteiger partial charge in [-0.05, 0) is 36.3 Å². The normalized spacial score (nSPS) is 27.8. The molecule has 8 heteroatoms. The van der Waals surface area contributed by atoms with Crippen molar-refractivity contribution >= 4 is 24.5 Å². The Hall–Kier alpha value is 0.299. The topological polar surface area (TPSA) is 68.2 Å². The van der Waals surface area contributed by atoms with Crippen molar-refractivity contribution in [3.63, 3.8) is 0 Å². The largest absolute Gasteiger partial charge is 0.409 e. The minimum Gasteiger partial charge on any atom is -0.409 e. The van der Waals surface area contributed by atoms with Crippen molar-refractivity contribution < 1.29 is 23.8 Å². The van der Waals surface area contributed by atoms with E-state index in [0.29, 0.717) is 0 Å². The lowest BCUT2D eigenvalue weighted by Gasteiger charge is -2.45. The molecule has 0 aliphatic carbocycles. The molecule has 0 bridgehead atoms. The van der Waals surface area contributed by atoms with E-state index in [2.05, 4.69) is 67.7 Å². The van der Waals surface area contributed by atoms with Crippen LogP contribution in [0, 0.1) is 0 Å². The van der Waals surface area contributed by atoms with Crippen LogP contribution in [0.15, 0.2) is 0 Å². The third-order valence-corrected chi connectivity index (χ3v) is 15.4. The van der Waals surface area contributed by atoms with Crippen LogP contribution < -0.4 is 0 Å². The average Bonchev–Trinajstić information content (AvgIpc) is 2.69. The summed E-state index contributed by atoms with van der Waals surface area (Å²) >= 11 is 0. The maximum Gasteiger partial charge on any atom is 0.192 e. The maximum absolute atomic E-state index is 10.0. The maximum atomic E-state index is 10.0. The number of rotatable bonds is 6. The Morgan fingerprint density at radius 3 is 1.62 bits per heavy atom. The smallest absolute Gasteiger partial charge is 0.192 e. The zero-order valence-corrected chi connectivity index (χ0v) is 20.3. The first-order valence-electron chi connectivity index (χ1n) is 9.45. The third-order valence-electron chi connectivity index (χ3n) is 6.51. The van der Waals surface area contributed by atoms with E-state index in [1.807, 2.05) is 0 Å². The molecule has 26 heavy (non-hydrogen) atoms. The molecular weight excluding hydrogens is 363 g/mol. The SMILES string of the molecule is [B][C@@H]1OC(CO)(CO)[C@@H](O[Si](C)(C)C(C)(C)C)[C@H]1O[Si](C)(C)C(C)(C)C. The number of hydrogen-bond acceptors (Lipinski definition) is 5. The fourth-order valence-electron chi connectivity index (χ4n) is 2.50. The van der Waals surface area contributed by atoms with Crippen LogP contribution in [0.4, 0.5) is 0 Å². The number of aliphatic hydroxyl groups is 2. The molecule has 1 aliphatic heterocycles. The second kappa shape index (κ2) is 7.61. The van der Waals surface area contributed by atoms with Gasteiger partial charge in [0.2, 0.25) is 0 Å². The number of hydrogen-bond donors (Lipinski definition) is 2. The molecule has 1 aliphatic rings. The van der Waals surface area contributed by atoms with Gasteiger partial charge in [-0.15, -0.1) is 0 Å². The van der Waals surface area contributed by atoms with Gasteiger partial charge in [0.15, 0.2) is 16.6 Å². The molecule has 0 aromatic rings. The molecule has 1 fully saturated rings. The monoisotopic (exact) mass is 402 g/mol. The van der Waals surface area contributed by atoms with E-state index in [1.54, 1.807) is 0 Å². The van der Waals surface area contributed by atoms with Gasteiger partial charge in [-0.25, -0.2) is 0 Å². The molecular formula is C18H39BO5Si2. The van der Waals surface area contributed by atoms with Gasteiger partial charge < -0.3 is 23.8 Å². The van der Waals surface area contributed by atoms with E-state index in [0.717, 1.165) is 0 Å². The predicted octanol–water partition coefficient (Wildman–Crippen LogP) is 3.02. The molecule has 2 radical (unpaired) electrons. The van der Waals surface area contributed by atoms with Gasteiger partial charge in [-0.2, -0.15) is 0 Å². The van der Waals surface area contributed by atoms with Crippen LogP contribution in [0.25, 0.3) is 0 Å². The molecule has 0 saturated carbocycles. The Bertz CT molecular complexity index is 481. The Labute approximate surface area is 163 Å². The van der Waals surface area contributed by atoms with Crippen LogP contribution in [-0.4, -0.2) is 71.7 Å². The van der Waals surface area contributed by atoms with E-state index in [1.165, 1.54) is 0 Å². The minimum atomic E-state index is -2.21. The summed E-state index contributed by atoms with van der Waals surface area (Å²) in [7, 11) is 1.91. The van der Waals surface area contributed by atoms with Gasteiger partial charge in [-0.3, -0.25) is 0 Å². The summed E-state index contributed by atoms with van der Waals surface area (Å²) in [6.45, 7) is 20.8. The molecule has 0 aromatic carbocycles. The van der Waals surface area contributed by atoms with Crippen LogP contribution in [0.5, 0.6) is 0 Å². The van der Waals surface area contributed by atoms with Gasteiger partial charge in [-0.1, -0.05) is 41.5 Å². The summed E-state index contributed by atoms with van der Waals surface area (Å²) in [5.74, 6) is 0. The Morgan fingerprint density at radius 2 is 1.27 bits per heavy atom. The fraction of sp³-hybridized carbons (Fsp3) is 1.00. The molecule has 3 atom stereocenters. The van der Waals surface area contributed by atoms with Gasteiger partial charge >= 0.3 is 0 Å². The molecule has 1 rings (SSSR count). The standard InChI is InChI=1S/C18H39BO5Si2/c1-16(2,3)25(7,8)23-13-14(24-26(9,10)17(4,5)6)18(11-20,12-21)22-15(13)19/h13-15,20-21H,11-12H2,1-10H3/t13-,14+,15-/m1/s1. The summed E-state index contributed by atoms with van der Waals surface area (Å²) in [6, 6.07) is -0.752. The first-order chi connectivity index (χ1) is 11.4. The summed E-state index contributed by atoms with van der Waals surface area (Å²) in [5, 5.41) is 20.0. The Balaban J connectivity index is 3.30. The average molecular weight is 402 g/mol. The van der Waals surface area contributed by atoms with Crippen LogP contribution in [0.2, 0.25) is 36.3 Å². The lowest BCUT2D eigenvalue weighted by atomic mass is 9.90. The summed E-state index contributed by atoms with van der Waals surface area (Å²) in [4.78, 5) is 0. The van der Waals surface area contributed by atoms with Crippen molar-refractivity contribution in [1.82, 2.24) is 0 Å². The van der Waals surface area contributed by atoms with Gasteiger partial charge in [0.25, 0.3) is 0 Å². The first kappa shape index (κ1) is 24.3. The highest BCUT2D eigenvalue weighted by Crippen LogP contribution is 2.45. The molecule has 0 aromatic heterocycles. The zero-order chi connectivity index (χ0) is 20.8. The molecule has 2 N–H and O–H groups in total. The Kier molecular flexibility index (Phi) is 7.12. The first-order valence-corrected chi connectivity index (χ1v) is 15.3. The van der Waals surface area contributed by atoms with E-state index in [4.69, 9.17) is 21.4 Å². The van der Waals surface area contributed by atoms with Crippen LogP contribution in [0.1, 0.15) is 41.5 Å². The van der Waals surface area contributed by atoms with Crippen molar-refractivity contribution in [2.75, 3.05) is 13.2 Å². The third kappa shape index (κ3) is 4.64. The summed E-state index contributed by atoms with van der Waals surface area (Å²) < 4.78 is 19.0. The molecule has 152 valence electrons. The highest BCUT2D eigenvalue weighted by molar-refractivity contribution is 6.74. The van der Waals surface area contributed by atoms with Gasteiger partial charge in [0, 0.05) is 6.00 Å². The molecule has 0 spiro atoms. The Morgan fingerprint density at radius 1 is 0.885 bits per heavy atom. The summed E-state index contributed by atoms with van der Waals surface area (Å²) in [5.41, 5.74) is -1.25. The predicted molar refractivity (Wildman–Crippen MR) is 112 cm³/mol. The quantitative estimate of drug-likeness (QED) is 0.669. The van der Waals surface area contributed by atoms with Crippen LogP contribution in [-0.2, 0) is 13.6 Å². The van der Waals surface area contributed by atoms with E-state index >= 15 is 0 Å². The van der Waals surface area contributed by atoms with Crippen LogP contribution >= 0.6 is 0 Å². The highest BCUT2D eigenvalue weighted by atomic mass is 28.4. The summed E-state index contributed by atoms with van der Waals surface area (Å²) in [6.07, 6.45) is -1.13. The second-order valence-electron chi connectivity index (χ2n) is 10.6. The van der Waals surface area contributed by atoms with Crippen molar-refractivity contribution in [3.8, 4) is 0 Å². The minimum absolute atomic E-state index is 0.00206. The van der Waals surface area contributed by atoms with Crippen molar-refractivity contribution in [1.29, 1.82) is 0 Å². The van der Waals surface area contributed by atoms with E-state index in [-0.39, 0.29) is 23.3 Å². The van der Waals surface area contributed by atoms with Crippen molar-refractivity contribution in [2.45, 2.75) is 102 Å². The molecule has 1 saturated heterocycles.